The maximum atomic E-state index is 12.7. The van der Waals surface area contributed by atoms with Gasteiger partial charge in [-0.1, -0.05) is 0 Å². The third kappa shape index (κ3) is 7.84. The smallest absolute Gasteiger partial charge is 0.416 e. The molecule has 9 heteroatoms. The van der Waals surface area contributed by atoms with Gasteiger partial charge in [0.25, 0.3) is 0 Å². The van der Waals surface area contributed by atoms with E-state index in [1.54, 1.807) is 11.8 Å². The number of nitrogens with zero attached hydrogens (tertiary/aromatic N) is 1. The second-order valence-electron chi connectivity index (χ2n) is 7.71. The molecule has 1 aliphatic heterocycles. The Labute approximate surface area is 195 Å². The van der Waals surface area contributed by atoms with Gasteiger partial charge < -0.3 is 18.9 Å². The van der Waals surface area contributed by atoms with Crippen molar-refractivity contribution in [3.05, 3.63) is 53.6 Å². The van der Waals surface area contributed by atoms with Gasteiger partial charge in [0.05, 0.1) is 18.2 Å². The summed E-state index contributed by atoms with van der Waals surface area (Å²) >= 11 is 1.64. The summed E-state index contributed by atoms with van der Waals surface area (Å²) in [5.74, 6) is 1.92. The lowest BCUT2D eigenvalue weighted by Crippen LogP contribution is -2.42. The van der Waals surface area contributed by atoms with Gasteiger partial charge in [-0.2, -0.15) is 18.4 Å². The van der Waals surface area contributed by atoms with Crippen LogP contribution in [0.2, 0.25) is 0 Å². The number of aryl methyl sites for hydroxylation is 1. The SMILES string of the molecule is Cc1cc(SCC(CCC#N)COc2ccc(C(F)(F)F)cc2)ccc1OCC1OC(C)O1. The maximum absolute atomic E-state index is 12.7. The quantitative estimate of drug-likeness (QED) is 0.356. The number of ether oxygens (including phenoxy) is 4. The van der Waals surface area contributed by atoms with Crippen LogP contribution in [0.5, 0.6) is 11.5 Å². The molecule has 0 radical (unpaired) electrons. The molecule has 0 N–H and O–H groups in total. The van der Waals surface area contributed by atoms with Crippen LogP contribution in [0.15, 0.2) is 47.4 Å². The van der Waals surface area contributed by atoms with E-state index in [9.17, 15) is 13.2 Å². The van der Waals surface area contributed by atoms with E-state index in [0.717, 1.165) is 28.3 Å². The third-order valence-corrected chi connectivity index (χ3v) is 6.25. The summed E-state index contributed by atoms with van der Waals surface area (Å²) in [6.45, 7) is 4.44. The Morgan fingerprint density at radius 1 is 1.12 bits per heavy atom. The van der Waals surface area contributed by atoms with Crippen LogP contribution in [0, 0.1) is 24.2 Å². The molecule has 1 saturated heterocycles. The van der Waals surface area contributed by atoms with E-state index in [2.05, 4.69) is 6.07 Å². The lowest BCUT2D eigenvalue weighted by molar-refractivity contribution is -0.380. The van der Waals surface area contributed by atoms with Gasteiger partial charge in [-0.25, -0.2) is 0 Å². The molecular weight excluding hydrogens is 455 g/mol. The highest BCUT2D eigenvalue weighted by Crippen LogP contribution is 2.31. The molecule has 1 heterocycles. The van der Waals surface area contributed by atoms with Crippen molar-refractivity contribution in [1.82, 2.24) is 0 Å². The summed E-state index contributed by atoms with van der Waals surface area (Å²) in [7, 11) is 0. The van der Waals surface area contributed by atoms with Gasteiger partial charge >= 0.3 is 6.18 Å². The van der Waals surface area contributed by atoms with Gasteiger partial charge in [-0.3, -0.25) is 0 Å². The van der Waals surface area contributed by atoms with Crippen LogP contribution in [-0.2, 0) is 15.7 Å². The Balaban J connectivity index is 1.50. The standard InChI is InChI=1S/C24H26F3NO4S/c1-16-12-21(9-10-22(16)30-14-23-31-17(2)32-23)33-15-18(4-3-11-28)13-29-20-7-5-19(6-8-20)24(25,26)27/h5-10,12,17-18,23H,3-4,13-15H2,1-2H3. The predicted octanol–water partition coefficient (Wildman–Crippen LogP) is 6.20. The molecule has 5 nitrogen and oxygen atoms in total. The zero-order chi connectivity index (χ0) is 23.8. The van der Waals surface area contributed by atoms with E-state index in [-0.39, 0.29) is 18.5 Å². The van der Waals surface area contributed by atoms with Gasteiger partial charge in [0.1, 0.15) is 18.1 Å². The van der Waals surface area contributed by atoms with Crippen LogP contribution in [0.25, 0.3) is 0 Å². The molecule has 0 bridgehead atoms. The molecule has 1 atom stereocenters. The number of alkyl halides is 3. The summed E-state index contributed by atoms with van der Waals surface area (Å²) in [5.41, 5.74) is 0.276. The van der Waals surface area contributed by atoms with Crippen molar-refractivity contribution in [3.63, 3.8) is 0 Å². The molecule has 2 aromatic rings. The van der Waals surface area contributed by atoms with Gasteiger partial charge in [0.15, 0.2) is 12.6 Å². The third-order valence-electron chi connectivity index (χ3n) is 5.03. The number of hydrogen-bond acceptors (Lipinski definition) is 6. The summed E-state index contributed by atoms with van der Waals surface area (Å²) in [6.07, 6.45) is -3.86. The van der Waals surface area contributed by atoms with E-state index in [0.29, 0.717) is 37.6 Å². The van der Waals surface area contributed by atoms with Crippen LogP contribution in [-0.4, -0.2) is 31.5 Å². The van der Waals surface area contributed by atoms with Gasteiger partial charge in [-0.05, 0) is 68.3 Å². The molecule has 1 unspecified atom stereocenters. The molecule has 0 saturated carbocycles. The van der Waals surface area contributed by atoms with Crippen molar-refractivity contribution >= 4 is 11.8 Å². The molecule has 0 aromatic heterocycles. The Kier molecular flexibility index (Phi) is 8.89. The fraction of sp³-hybridized carbons (Fsp3) is 0.458. The molecule has 178 valence electrons. The van der Waals surface area contributed by atoms with Crippen molar-refractivity contribution < 1.29 is 32.1 Å². The molecule has 2 aromatic carbocycles. The zero-order valence-corrected chi connectivity index (χ0v) is 19.2. The van der Waals surface area contributed by atoms with Gasteiger partial charge in [0, 0.05) is 23.0 Å². The fourth-order valence-corrected chi connectivity index (χ4v) is 4.31. The fourth-order valence-electron chi connectivity index (χ4n) is 3.20. The van der Waals surface area contributed by atoms with E-state index in [1.807, 2.05) is 32.0 Å². The normalized spacial score (nSPS) is 18.8. The number of nitriles is 1. The maximum Gasteiger partial charge on any atom is 0.416 e. The average molecular weight is 482 g/mol. The lowest BCUT2D eigenvalue weighted by Gasteiger charge is -2.33. The molecule has 0 aliphatic carbocycles. The average Bonchev–Trinajstić information content (AvgIpc) is 2.76. The zero-order valence-electron chi connectivity index (χ0n) is 18.4. The van der Waals surface area contributed by atoms with Crippen LogP contribution in [0.4, 0.5) is 13.2 Å². The van der Waals surface area contributed by atoms with E-state index in [1.165, 1.54) is 12.1 Å². The molecule has 0 spiro atoms. The predicted molar refractivity (Wildman–Crippen MR) is 118 cm³/mol. The minimum atomic E-state index is -4.37. The second kappa shape index (κ2) is 11.6. The topological polar surface area (TPSA) is 60.7 Å². The van der Waals surface area contributed by atoms with E-state index in [4.69, 9.17) is 24.2 Å². The first-order valence-corrected chi connectivity index (χ1v) is 11.6. The first kappa shape index (κ1) is 25.2. The van der Waals surface area contributed by atoms with Crippen molar-refractivity contribution in [1.29, 1.82) is 5.26 Å². The first-order chi connectivity index (χ1) is 15.7. The number of thioether (sulfide) groups is 1. The largest absolute Gasteiger partial charge is 0.493 e. The first-order valence-electron chi connectivity index (χ1n) is 10.6. The highest BCUT2D eigenvalue weighted by Gasteiger charge is 2.30. The Bertz CT molecular complexity index is 940. The number of hydrogen-bond donors (Lipinski definition) is 0. The van der Waals surface area contributed by atoms with Crippen LogP contribution in [0.3, 0.4) is 0 Å². The van der Waals surface area contributed by atoms with Gasteiger partial charge in [0.2, 0.25) is 0 Å². The van der Waals surface area contributed by atoms with Crippen LogP contribution in [0.1, 0.15) is 30.9 Å². The highest BCUT2D eigenvalue weighted by molar-refractivity contribution is 7.99. The molecule has 1 fully saturated rings. The minimum absolute atomic E-state index is 0.0723. The van der Waals surface area contributed by atoms with Crippen molar-refractivity contribution in [3.8, 4) is 17.6 Å². The summed E-state index contributed by atoms with van der Waals surface area (Å²) < 4.78 is 60.3. The van der Waals surface area contributed by atoms with Crippen molar-refractivity contribution in [2.24, 2.45) is 5.92 Å². The molecule has 3 rings (SSSR count). The molecule has 0 amide bonds. The Hall–Kier alpha value is -2.41. The summed E-state index contributed by atoms with van der Waals surface area (Å²) in [4.78, 5) is 1.06. The molecule has 33 heavy (non-hydrogen) atoms. The van der Waals surface area contributed by atoms with Crippen LogP contribution >= 0.6 is 11.8 Å². The number of halogens is 3. The monoisotopic (exact) mass is 481 g/mol. The Morgan fingerprint density at radius 2 is 1.85 bits per heavy atom. The van der Waals surface area contributed by atoms with Crippen molar-refractivity contribution in [2.75, 3.05) is 19.0 Å². The minimum Gasteiger partial charge on any atom is -0.493 e. The summed E-state index contributed by atoms with van der Waals surface area (Å²) in [5, 5.41) is 8.95. The highest BCUT2D eigenvalue weighted by atomic mass is 32.2. The van der Waals surface area contributed by atoms with E-state index >= 15 is 0 Å². The van der Waals surface area contributed by atoms with E-state index < -0.39 is 11.7 Å². The number of rotatable bonds is 11. The molecule has 1 aliphatic rings. The van der Waals surface area contributed by atoms with Crippen LogP contribution < -0.4 is 9.47 Å². The van der Waals surface area contributed by atoms with Gasteiger partial charge in [-0.15, -0.1) is 11.8 Å². The lowest BCUT2D eigenvalue weighted by atomic mass is 10.1. The number of benzene rings is 2. The summed E-state index contributed by atoms with van der Waals surface area (Å²) in [6, 6.07) is 12.7. The second-order valence-corrected chi connectivity index (χ2v) is 8.81. The Morgan fingerprint density at radius 3 is 2.45 bits per heavy atom. The van der Waals surface area contributed by atoms with Crippen molar-refractivity contribution in [2.45, 2.75) is 50.3 Å². The molecular formula is C24H26F3NO4S.